The van der Waals surface area contributed by atoms with Gasteiger partial charge in [0, 0.05) is 30.0 Å². The summed E-state index contributed by atoms with van der Waals surface area (Å²) < 4.78 is 13.7. The van der Waals surface area contributed by atoms with E-state index in [9.17, 15) is 9.18 Å². The van der Waals surface area contributed by atoms with Gasteiger partial charge in [0.15, 0.2) is 0 Å². The van der Waals surface area contributed by atoms with Crippen LogP contribution in [0, 0.1) is 17.1 Å². The lowest BCUT2D eigenvalue weighted by atomic mass is 9.96. The molecule has 0 aliphatic heterocycles. The number of carbonyl (C=O) groups is 1. The van der Waals surface area contributed by atoms with Crippen LogP contribution in [0.15, 0.2) is 79.1 Å². The van der Waals surface area contributed by atoms with Gasteiger partial charge in [0.25, 0.3) is 0 Å². The Balaban J connectivity index is 1.56. The first kappa shape index (κ1) is 19.1. The van der Waals surface area contributed by atoms with Gasteiger partial charge in [-0.2, -0.15) is 5.26 Å². The Morgan fingerprint density at radius 3 is 2.73 bits per heavy atom. The third-order valence-electron chi connectivity index (χ3n) is 4.73. The molecule has 1 aromatic heterocycles. The first-order chi connectivity index (χ1) is 14.6. The fourth-order valence-electron chi connectivity index (χ4n) is 3.33. The van der Waals surface area contributed by atoms with Crippen LogP contribution < -0.4 is 10.6 Å². The summed E-state index contributed by atoms with van der Waals surface area (Å²) >= 11 is 0. The minimum Gasteiger partial charge on any atom is -0.334 e. The maximum absolute atomic E-state index is 13.7. The van der Waals surface area contributed by atoms with Crippen LogP contribution in [-0.4, -0.2) is 11.0 Å². The Bertz CT molecular complexity index is 1280. The van der Waals surface area contributed by atoms with Crippen LogP contribution in [0.5, 0.6) is 0 Å². The minimum atomic E-state index is -0.378. The fourth-order valence-corrected chi connectivity index (χ4v) is 3.33. The average molecular weight is 396 g/mol. The molecule has 0 unspecified atom stereocenters. The van der Waals surface area contributed by atoms with Gasteiger partial charge in [0.1, 0.15) is 5.82 Å². The molecule has 0 aliphatic carbocycles. The molecular weight excluding hydrogens is 379 g/mol. The number of benzene rings is 3. The highest BCUT2D eigenvalue weighted by Gasteiger charge is 2.10. The normalized spacial score (nSPS) is 10.4. The lowest BCUT2D eigenvalue weighted by Gasteiger charge is -2.13. The van der Waals surface area contributed by atoms with Gasteiger partial charge >= 0.3 is 6.03 Å². The molecule has 2 N–H and O–H groups in total. The van der Waals surface area contributed by atoms with Crippen molar-refractivity contribution in [3.63, 3.8) is 0 Å². The summed E-state index contributed by atoms with van der Waals surface area (Å²) in [5.74, 6) is -0.294. The molecule has 0 bridgehead atoms. The number of halogens is 1. The summed E-state index contributed by atoms with van der Waals surface area (Å²) in [4.78, 5) is 16.5. The van der Waals surface area contributed by atoms with Gasteiger partial charge in [-0.05, 0) is 58.5 Å². The minimum absolute atomic E-state index is 0.287. The van der Waals surface area contributed by atoms with E-state index < -0.39 is 0 Å². The molecule has 0 saturated carbocycles. The molecule has 2 amide bonds. The number of carbonyl (C=O) groups excluding carboxylic acids is 1. The molecule has 0 fully saturated rings. The summed E-state index contributed by atoms with van der Waals surface area (Å²) in [6.45, 7) is 0.287. The van der Waals surface area contributed by atoms with E-state index in [0.717, 1.165) is 27.5 Å². The van der Waals surface area contributed by atoms with E-state index >= 15 is 0 Å². The number of nitrogens with zero attached hydrogens (tertiary/aromatic N) is 2. The highest BCUT2D eigenvalue weighted by Crippen LogP contribution is 2.30. The molecule has 0 spiro atoms. The maximum atomic E-state index is 13.7. The van der Waals surface area contributed by atoms with Crippen LogP contribution in [0.1, 0.15) is 11.1 Å². The van der Waals surface area contributed by atoms with Gasteiger partial charge in [0.2, 0.25) is 0 Å². The average Bonchev–Trinajstić information content (AvgIpc) is 2.77. The number of pyridine rings is 1. The van der Waals surface area contributed by atoms with E-state index in [4.69, 9.17) is 5.26 Å². The smallest absolute Gasteiger partial charge is 0.319 e. The second-order valence-electron chi connectivity index (χ2n) is 6.70. The Morgan fingerprint density at radius 1 is 1.03 bits per heavy atom. The second kappa shape index (κ2) is 8.41. The van der Waals surface area contributed by atoms with Crippen molar-refractivity contribution in [3.05, 3.63) is 96.1 Å². The molecule has 0 saturated heterocycles. The Kier molecular flexibility index (Phi) is 5.35. The third kappa shape index (κ3) is 4.10. The number of urea groups is 1. The fraction of sp³-hybridized carbons (Fsp3) is 0.0417. The molecule has 5 nitrogen and oxygen atoms in total. The van der Waals surface area contributed by atoms with Gasteiger partial charge in [-0.1, -0.05) is 30.3 Å². The van der Waals surface area contributed by atoms with Crippen molar-refractivity contribution in [3.8, 4) is 17.2 Å². The van der Waals surface area contributed by atoms with Gasteiger partial charge in [0.05, 0.1) is 11.6 Å². The molecule has 6 heteroatoms. The lowest BCUT2D eigenvalue weighted by molar-refractivity contribution is 0.252. The van der Waals surface area contributed by atoms with Crippen LogP contribution in [-0.2, 0) is 6.54 Å². The van der Waals surface area contributed by atoms with Crippen LogP contribution in [0.4, 0.5) is 14.9 Å². The van der Waals surface area contributed by atoms with Crippen LogP contribution >= 0.6 is 0 Å². The number of rotatable bonds is 4. The van der Waals surface area contributed by atoms with Crippen LogP contribution in [0.2, 0.25) is 0 Å². The Morgan fingerprint density at radius 2 is 1.90 bits per heavy atom. The maximum Gasteiger partial charge on any atom is 0.319 e. The van der Waals surface area contributed by atoms with Crippen molar-refractivity contribution in [1.82, 2.24) is 10.3 Å². The summed E-state index contributed by atoms with van der Waals surface area (Å²) in [5, 5.41) is 16.3. The van der Waals surface area contributed by atoms with E-state index in [1.807, 2.05) is 30.3 Å². The summed E-state index contributed by atoms with van der Waals surface area (Å²) in [7, 11) is 0. The summed E-state index contributed by atoms with van der Waals surface area (Å²) in [6.07, 6.45) is 3.43. The van der Waals surface area contributed by atoms with Crippen molar-refractivity contribution in [1.29, 1.82) is 5.26 Å². The Hall–Kier alpha value is -4.24. The zero-order valence-electron chi connectivity index (χ0n) is 15.9. The zero-order chi connectivity index (χ0) is 20.9. The van der Waals surface area contributed by atoms with Crippen molar-refractivity contribution in [2.75, 3.05) is 5.32 Å². The molecule has 30 heavy (non-hydrogen) atoms. The Labute approximate surface area is 172 Å². The number of anilines is 1. The molecular formula is C24H17FN4O. The molecule has 1 heterocycles. The molecule has 0 atom stereocenters. The van der Waals surface area contributed by atoms with Gasteiger partial charge in [-0.15, -0.1) is 0 Å². The third-order valence-corrected chi connectivity index (χ3v) is 4.73. The molecule has 4 aromatic rings. The number of fused-ring (bicyclic) bond motifs is 1. The number of aromatic nitrogens is 1. The number of hydrogen-bond donors (Lipinski definition) is 2. The van der Waals surface area contributed by atoms with E-state index in [2.05, 4.69) is 15.6 Å². The highest BCUT2D eigenvalue weighted by atomic mass is 19.1. The number of nitrogens with one attached hydrogen (secondary N) is 2. The number of nitriles is 1. The van der Waals surface area contributed by atoms with E-state index in [1.54, 1.807) is 42.7 Å². The zero-order valence-corrected chi connectivity index (χ0v) is 15.9. The second-order valence-corrected chi connectivity index (χ2v) is 6.70. The molecule has 0 aliphatic rings. The predicted octanol–water partition coefficient (Wildman–Crippen LogP) is 5.23. The molecule has 3 aromatic carbocycles. The van der Waals surface area contributed by atoms with Gasteiger partial charge in [-0.25, -0.2) is 9.18 Å². The first-order valence-electron chi connectivity index (χ1n) is 9.30. The number of amides is 2. The monoisotopic (exact) mass is 396 g/mol. The highest BCUT2D eigenvalue weighted by molar-refractivity contribution is 5.98. The van der Waals surface area contributed by atoms with Gasteiger partial charge < -0.3 is 10.6 Å². The predicted molar refractivity (Wildman–Crippen MR) is 114 cm³/mol. The van der Waals surface area contributed by atoms with Crippen molar-refractivity contribution in [2.24, 2.45) is 0 Å². The van der Waals surface area contributed by atoms with E-state index in [0.29, 0.717) is 11.3 Å². The number of hydrogen-bond acceptors (Lipinski definition) is 3. The first-order valence-corrected chi connectivity index (χ1v) is 9.30. The quantitative estimate of drug-likeness (QED) is 0.496. The molecule has 4 rings (SSSR count). The summed E-state index contributed by atoms with van der Waals surface area (Å²) in [6, 6.07) is 20.5. The molecule has 0 radical (unpaired) electrons. The van der Waals surface area contributed by atoms with Crippen LogP contribution in [0.25, 0.3) is 21.9 Å². The van der Waals surface area contributed by atoms with E-state index in [-0.39, 0.29) is 18.4 Å². The van der Waals surface area contributed by atoms with Crippen LogP contribution in [0.3, 0.4) is 0 Å². The topological polar surface area (TPSA) is 77.8 Å². The van der Waals surface area contributed by atoms with Crippen molar-refractivity contribution in [2.45, 2.75) is 6.54 Å². The largest absolute Gasteiger partial charge is 0.334 e. The van der Waals surface area contributed by atoms with E-state index in [1.165, 1.54) is 12.1 Å². The lowest BCUT2D eigenvalue weighted by Crippen LogP contribution is -2.28. The SMILES string of the molecule is N#Cc1cccc(NC(=O)NCc2ccc(-c3cccc(F)c3)c3ccncc23)c1. The summed E-state index contributed by atoms with van der Waals surface area (Å²) in [5.41, 5.74) is 3.57. The molecule has 146 valence electrons. The standard InChI is InChI=1S/C24H17FN4O/c25-19-5-2-4-17(12-19)21-8-7-18(23-15-27-10-9-22(21)23)14-28-24(30)29-20-6-1-3-16(11-20)13-26/h1-12,15H,14H2,(H2,28,29,30). The van der Waals surface area contributed by atoms with Crippen molar-refractivity contribution >= 4 is 22.5 Å². The van der Waals surface area contributed by atoms with Gasteiger partial charge in [-0.3, -0.25) is 4.98 Å². The van der Waals surface area contributed by atoms with Crippen molar-refractivity contribution < 1.29 is 9.18 Å².